The molecular weight excluding hydrogens is 420 g/mol. The number of fused-ring (bicyclic) bond motifs is 1. The van der Waals surface area contributed by atoms with Crippen LogP contribution in [0.4, 0.5) is 13.2 Å². The molecule has 1 aliphatic rings. The average molecular weight is 441 g/mol. The molecule has 2 rings (SSSR count). The van der Waals surface area contributed by atoms with Gasteiger partial charge in [0, 0.05) is 5.56 Å². The number of carbonyl (C=O) groups excluding carboxylic acids is 1. The molecule has 0 aliphatic carbocycles. The van der Waals surface area contributed by atoms with Gasteiger partial charge in [0.25, 0.3) is 0 Å². The zero-order chi connectivity index (χ0) is 21.1. The van der Waals surface area contributed by atoms with Gasteiger partial charge in [-0.1, -0.05) is 49.9 Å². The molecule has 1 aromatic carbocycles. The van der Waals surface area contributed by atoms with Crippen molar-refractivity contribution in [2.24, 2.45) is 5.92 Å². The van der Waals surface area contributed by atoms with Crippen molar-refractivity contribution in [3.8, 4) is 11.5 Å². The van der Waals surface area contributed by atoms with E-state index in [-0.39, 0.29) is 39.6 Å². The third kappa shape index (κ3) is 4.87. The molecule has 156 valence electrons. The highest BCUT2D eigenvalue weighted by molar-refractivity contribution is 6.38. The predicted octanol–water partition coefficient (Wildman–Crippen LogP) is 6.08. The normalized spacial score (nSPS) is 16.3. The van der Waals surface area contributed by atoms with Gasteiger partial charge in [-0.2, -0.15) is 13.2 Å². The molecule has 0 spiro atoms. The van der Waals surface area contributed by atoms with E-state index in [2.05, 4.69) is 0 Å². The number of hydrogen-bond acceptors (Lipinski definition) is 4. The molecule has 0 amide bonds. The minimum Gasteiger partial charge on any atom is -0.490 e. The molecule has 0 aromatic heterocycles. The van der Waals surface area contributed by atoms with Gasteiger partial charge in [0.15, 0.2) is 5.75 Å². The van der Waals surface area contributed by atoms with E-state index >= 15 is 0 Å². The molecule has 0 fully saturated rings. The lowest BCUT2D eigenvalue weighted by Crippen LogP contribution is -2.40. The summed E-state index contributed by atoms with van der Waals surface area (Å²) in [4.78, 5) is 12.0. The summed E-state index contributed by atoms with van der Waals surface area (Å²) in [6, 6.07) is 1.36. The van der Waals surface area contributed by atoms with E-state index in [1.54, 1.807) is 0 Å². The molecule has 0 N–H and O–H groups in total. The van der Waals surface area contributed by atoms with Crippen molar-refractivity contribution < 1.29 is 32.2 Å². The summed E-state index contributed by atoms with van der Waals surface area (Å²) in [5.74, 6) is -1.04. The third-order valence-corrected chi connectivity index (χ3v) is 5.04. The fourth-order valence-corrected chi connectivity index (χ4v) is 3.36. The second kappa shape index (κ2) is 9.27. The number of hydrogen-bond donors (Lipinski definition) is 0. The second-order valence-corrected chi connectivity index (χ2v) is 7.06. The monoisotopic (exact) mass is 440 g/mol. The SMILES string of the molecule is CCOC(=O)C1=Cc2cc(Cl)c(OCC(CC)CC)c(Cl)c2OC1C(F)(F)F. The minimum absolute atomic E-state index is 0.0582. The standard InChI is InChI=1S/C19H21Cl2F3O4/c1-4-10(5-2)9-27-16-13(20)8-11-7-12(18(25)26-6-3)17(19(22,23)24)28-15(11)14(16)21/h7-8,10,17H,4-6,9H2,1-3H3. The number of esters is 1. The number of alkyl halides is 3. The first kappa shape index (κ1) is 22.7. The number of carbonyl (C=O) groups is 1. The Morgan fingerprint density at radius 1 is 1.25 bits per heavy atom. The molecule has 1 aromatic rings. The van der Waals surface area contributed by atoms with Crippen LogP contribution in [0.3, 0.4) is 0 Å². The van der Waals surface area contributed by atoms with Crippen LogP contribution in [0, 0.1) is 5.92 Å². The first-order valence-corrected chi connectivity index (χ1v) is 9.66. The highest BCUT2D eigenvalue weighted by atomic mass is 35.5. The molecule has 9 heteroatoms. The van der Waals surface area contributed by atoms with Crippen LogP contribution in [-0.2, 0) is 9.53 Å². The maximum atomic E-state index is 13.5. The number of rotatable bonds is 7. The maximum Gasteiger partial charge on any atom is 0.430 e. The Kier molecular flexibility index (Phi) is 7.51. The quantitative estimate of drug-likeness (QED) is 0.482. The Morgan fingerprint density at radius 2 is 1.89 bits per heavy atom. The number of benzene rings is 1. The highest BCUT2D eigenvalue weighted by Crippen LogP contribution is 2.48. The summed E-state index contributed by atoms with van der Waals surface area (Å²) in [7, 11) is 0. The maximum absolute atomic E-state index is 13.5. The highest BCUT2D eigenvalue weighted by Gasteiger charge is 2.49. The third-order valence-electron chi connectivity index (χ3n) is 4.42. The van der Waals surface area contributed by atoms with Gasteiger partial charge >= 0.3 is 12.1 Å². The zero-order valence-electron chi connectivity index (χ0n) is 15.7. The van der Waals surface area contributed by atoms with E-state index in [0.29, 0.717) is 6.61 Å². The molecular formula is C19H21Cl2F3O4. The van der Waals surface area contributed by atoms with E-state index in [0.717, 1.165) is 18.9 Å². The van der Waals surface area contributed by atoms with Crippen molar-refractivity contribution in [1.82, 2.24) is 0 Å². The van der Waals surface area contributed by atoms with Crippen molar-refractivity contribution in [2.45, 2.75) is 45.9 Å². The van der Waals surface area contributed by atoms with Crippen molar-refractivity contribution in [3.05, 3.63) is 27.2 Å². The van der Waals surface area contributed by atoms with E-state index in [4.69, 9.17) is 37.4 Å². The molecule has 1 heterocycles. The van der Waals surface area contributed by atoms with Gasteiger partial charge in [-0.05, 0) is 25.0 Å². The number of halogens is 5. The van der Waals surface area contributed by atoms with Crippen LogP contribution in [-0.4, -0.2) is 31.5 Å². The lowest BCUT2D eigenvalue weighted by molar-refractivity contribution is -0.187. The van der Waals surface area contributed by atoms with Crippen molar-refractivity contribution in [1.29, 1.82) is 0 Å². The lowest BCUT2D eigenvalue weighted by Gasteiger charge is -2.29. The van der Waals surface area contributed by atoms with E-state index in [9.17, 15) is 18.0 Å². The summed E-state index contributed by atoms with van der Waals surface area (Å²) in [6.45, 7) is 5.75. The van der Waals surface area contributed by atoms with Gasteiger partial charge in [0.1, 0.15) is 10.8 Å². The van der Waals surface area contributed by atoms with Gasteiger partial charge in [0.05, 0.1) is 23.8 Å². The number of ether oxygens (including phenoxy) is 3. The Morgan fingerprint density at radius 3 is 2.43 bits per heavy atom. The van der Waals surface area contributed by atoms with Crippen LogP contribution >= 0.6 is 23.2 Å². The molecule has 1 unspecified atom stereocenters. The van der Waals surface area contributed by atoms with E-state index in [1.165, 1.54) is 13.0 Å². The lowest BCUT2D eigenvalue weighted by atomic mass is 10.0. The Hall–Kier alpha value is -1.60. The van der Waals surface area contributed by atoms with Gasteiger partial charge in [-0.15, -0.1) is 0 Å². The zero-order valence-corrected chi connectivity index (χ0v) is 17.2. The van der Waals surface area contributed by atoms with Crippen LogP contribution in [0.15, 0.2) is 11.6 Å². The molecule has 28 heavy (non-hydrogen) atoms. The topological polar surface area (TPSA) is 44.8 Å². The van der Waals surface area contributed by atoms with Gasteiger partial charge < -0.3 is 14.2 Å². The predicted molar refractivity (Wildman–Crippen MR) is 101 cm³/mol. The van der Waals surface area contributed by atoms with Crippen molar-refractivity contribution in [2.75, 3.05) is 13.2 Å². The van der Waals surface area contributed by atoms with Crippen LogP contribution < -0.4 is 9.47 Å². The fraction of sp³-hybridized carbons (Fsp3) is 0.526. The first-order valence-electron chi connectivity index (χ1n) is 8.90. The van der Waals surface area contributed by atoms with Crippen LogP contribution in [0.25, 0.3) is 6.08 Å². The molecule has 0 radical (unpaired) electrons. The summed E-state index contributed by atoms with van der Waals surface area (Å²) in [5.41, 5.74) is -0.520. The smallest absolute Gasteiger partial charge is 0.430 e. The largest absolute Gasteiger partial charge is 0.490 e. The van der Waals surface area contributed by atoms with E-state index in [1.807, 2.05) is 13.8 Å². The molecule has 1 atom stereocenters. The summed E-state index contributed by atoms with van der Waals surface area (Å²) >= 11 is 12.5. The Labute approximate surface area is 171 Å². The molecule has 0 saturated heterocycles. The first-order chi connectivity index (χ1) is 13.1. The Balaban J connectivity index is 2.47. The van der Waals surface area contributed by atoms with Gasteiger partial charge in [-0.3, -0.25) is 0 Å². The minimum atomic E-state index is -4.84. The van der Waals surface area contributed by atoms with Crippen LogP contribution in [0.2, 0.25) is 10.0 Å². The average Bonchev–Trinajstić information content (AvgIpc) is 2.63. The fourth-order valence-electron chi connectivity index (χ4n) is 2.74. The molecule has 4 nitrogen and oxygen atoms in total. The molecule has 0 bridgehead atoms. The van der Waals surface area contributed by atoms with Gasteiger partial charge in [0.2, 0.25) is 6.10 Å². The van der Waals surface area contributed by atoms with Crippen molar-refractivity contribution >= 4 is 35.2 Å². The summed E-state index contributed by atoms with van der Waals surface area (Å²) in [5, 5.41) is -0.0508. The van der Waals surface area contributed by atoms with Crippen LogP contribution in [0.1, 0.15) is 39.2 Å². The van der Waals surface area contributed by atoms with Crippen molar-refractivity contribution in [3.63, 3.8) is 0 Å². The second-order valence-electron chi connectivity index (χ2n) is 6.27. The molecule has 1 aliphatic heterocycles. The van der Waals surface area contributed by atoms with Crippen LogP contribution in [0.5, 0.6) is 11.5 Å². The Bertz CT molecular complexity index is 759. The summed E-state index contributed by atoms with van der Waals surface area (Å²) in [6.07, 6.45) is -4.55. The summed E-state index contributed by atoms with van der Waals surface area (Å²) < 4.78 is 55.9. The van der Waals surface area contributed by atoms with Gasteiger partial charge in [-0.25, -0.2) is 4.79 Å². The molecule has 0 saturated carbocycles. The van der Waals surface area contributed by atoms with E-state index < -0.39 is 23.8 Å².